The van der Waals surface area contributed by atoms with Crippen LogP contribution in [0.5, 0.6) is 11.5 Å². The van der Waals surface area contributed by atoms with Crippen molar-refractivity contribution in [1.29, 1.82) is 0 Å². The van der Waals surface area contributed by atoms with E-state index in [1.165, 1.54) is 25.7 Å². The number of hydrogen-bond donors (Lipinski definition) is 3. The Labute approximate surface area is 171 Å². The fourth-order valence-electron chi connectivity index (χ4n) is 3.77. The van der Waals surface area contributed by atoms with E-state index in [0.29, 0.717) is 12.4 Å². The van der Waals surface area contributed by atoms with Crippen molar-refractivity contribution in [2.45, 2.75) is 31.5 Å². The molecule has 0 unspecified atom stereocenters. The van der Waals surface area contributed by atoms with Crippen LogP contribution >= 0.6 is 0 Å². The molecule has 0 atom stereocenters. The molecule has 0 aliphatic carbocycles. The molecule has 2 aromatic rings. The van der Waals surface area contributed by atoms with Gasteiger partial charge < -0.3 is 25.8 Å². The van der Waals surface area contributed by atoms with Gasteiger partial charge in [0.05, 0.1) is 11.4 Å². The third-order valence-electron chi connectivity index (χ3n) is 5.37. The summed E-state index contributed by atoms with van der Waals surface area (Å²) in [5.41, 5.74) is 7.15. The van der Waals surface area contributed by atoms with Gasteiger partial charge in [0.15, 0.2) is 0 Å². The Bertz CT molecular complexity index is 807. The van der Waals surface area contributed by atoms with Crippen molar-refractivity contribution in [2.24, 2.45) is 5.73 Å². The fourth-order valence-corrected chi connectivity index (χ4v) is 3.77. The first-order valence-corrected chi connectivity index (χ1v) is 10.2. The second-order valence-corrected chi connectivity index (χ2v) is 7.52. The van der Waals surface area contributed by atoms with E-state index in [9.17, 15) is 4.79 Å². The third kappa shape index (κ3) is 4.56. The molecular weight excluding hydrogens is 368 g/mol. The van der Waals surface area contributed by atoms with Crippen molar-refractivity contribution in [2.75, 3.05) is 36.9 Å². The second-order valence-electron chi connectivity index (χ2n) is 7.52. The summed E-state index contributed by atoms with van der Waals surface area (Å²) in [4.78, 5) is 14.6. The molecule has 29 heavy (non-hydrogen) atoms. The van der Waals surface area contributed by atoms with E-state index in [1.54, 1.807) is 12.1 Å². The number of hydrogen-bond acceptors (Lipinski definition) is 6. The van der Waals surface area contributed by atoms with E-state index in [-0.39, 0.29) is 0 Å². The number of carbonyl (C=O) groups is 1. The van der Waals surface area contributed by atoms with Gasteiger partial charge in [0.25, 0.3) is 0 Å². The number of anilines is 2. The lowest BCUT2D eigenvalue weighted by Gasteiger charge is -2.27. The molecule has 1 fully saturated rings. The van der Waals surface area contributed by atoms with Crippen LogP contribution < -0.4 is 25.8 Å². The van der Waals surface area contributed by atoms with Crippen molar-refractivity contribution >= 4 is 17.3 Å². The average Bonchev–Trinajstić information content (AvgIpc) is 2.90. The lowest BCUT2D eigenvalue weighted by Crippen LogP contribution is -2.58. The van der Waals surface area contributed by atoms with Crippen LogP contribution in [0.15, 0.2) is 48.5 Å². The van der Waals surface area contributed by atoms with Gasteiger partial charge in [0.2, 0.25) is 0 Å². The standard InChI is InChI=1S/C22H28N4O3/c23-21(27)22(24-19-7-3-4-8-20(19)25-22)29-18-11-9-17(10-12-18)28-16-15-26-13-5-1-2-6-14-26/h3-4,7-12,24-25H,1-2,5-6,13-16H2,(H2,23,27). The van der Waals surface area contributed by atoms with E-state index in [1.807, 2.05) is 36.4 Å². The quantitative estimate of drug-likeness (QED) is 0.667. The van der Waals surface area contributed by atoms with Crippen LogP contribution in [0.4, 0.5) is 11.4 Å². The molecule has 0 radical (unpaired) electrons. The highest BCUT2D eigenvalue weighted by atomic mass is 16.5. The van der Waals surface area contributed by atoms with E-state index in [0.717, 1.165) is 36.8 Å². The maximum Gasteiger partial charge on any atom is 0.342 e. The number of rotatable bonds is 7. The van der Waals surface area contributed by atoms with E-state index >= 15 is 0 Å². The Hall–Kier alpha value is -2.93. The molecule has 2 aliphatic heterocycles. The van der Waals surface area contributed by atoms with Gasteiger partial charge in [-0.05, 0) is 62.3 Å². The van der Waals surface area contributed by atoms with Gasteiger partial charge >= 0.3 is 11.8 Å². The second kappa shape index (κ2) is 8.61. The van der Waals surface area contributed by atoms with Gasteiger partial charge in [-0.1, -0.05) is 25.0 Å². The molecule has 0 saturated carbocycles. The average molecular weight is 396 g/mol. The van der Waals surface area contributed by atoms with Crippen LogP contribution in [0.2, 0.25) is 0 Å². The third-order valence-corrected chi connectivity index (χ3v) is 5.37. The molecule has 1 saturated heterocycles. The number of amides is 1. The molecule has 4 N–H and O–H groups in total. The molecule has 2 aliphatic rings. The Kier molecular flexibility index (Phi) is 5.76. The first kappa shape index (κ1) is 19.4. The molecule has 7 heteroatoms. The minimum Gasteiger partial charge on any atom is -0.492 e. The zero-order valence-corrected chi connectivity index (χ0v) is 16.5. The molecule has 0 aromatic heterocycles. The number of nitrogens with one attached hydrogen (secondary N) is 2. The zero-order valence-electron chi connectivity index (χ0n) is 16.5. The predicted molar refractivity (Wildman–Crippen MR) is 113 cm³/mol. The van der Waals surface area contributed by atoms with Crippen LogP contribution in [-0.2, 0) is 4.79 Å². The highest BCUT2D eigenvalue weighted by Gasteiger charge is 2.44. The van der Waals surface area contributed by atoms with Crippen LogP contribution in [0.25, 0.3) is 0 Å². The molecular formula is C22H28N4O3. The SMILES string of the molecule is NC(=O)C1(Oc2ccc(OCCN3CCCCCC3)cc2)Nc2ccccc2N1. The summed E-state index contributed by atoms with van der Waals surface area (Å²) in [7, 11) is 0. The predicted octanol–water partition coefficient (Wildman–Crippen LogP) is 3.00. The Balaban J connectivity index is 1.33. The number of nitrogens with two attached hydrogens (primary N) is 1. The van der Waals surface area contributed by atoms with Gasteiger partial charge in [-0.2, -0.15) is 0 Å². The molecule has 7 nitrogen and oxygen atoms in total. The normalized spacial score (nSPS) is 18.1. The highest BCUT2D eigenvalue weighted by Crippen LogP contribution is 2.35. The number of likely N-dealkylation sites (tertiary alicyclic amines) is 1. The number of para-hydroxylation sites is 2. The van der Waals surface area contributed by atoms with Crippen LogP contribution in [0.3, 0.4) is 0 Å². The molecule has 4 rings (SSSR count). The minimum atomic E-state index is -1.52. The number of primary amides is 1. The van der Waals surface area contributed by atoms with Crippen LogP contribution in [-0.4, -0.2) is 42.9 Å². The molecule has 1 amide bonds. The first-order chi connectivity index (χ1) is 14.1. The van der Waals surface area contributed by atoms with Gasteiger partial charge in [0.1, 0.15) is 18.1 Å². The van der Waals surface area contributed by atoms with Crippen molar-refractivity contribution in [3.8, 4) is 11.5 Å². The summed E-state index contributed by atoms with van der Waals surface area (Å²) in [6.07, 6.45) is 5.22. The largest absolute Gasteiger partial charge is 0.492 e. The summed E-state index contributed by atoms with van der Waals surface area (Å²) in [5.74, 6) is -0.877. The highest BCUT2D eigenvalue weighted by molar-refractivity contribution is 5.95. The van der Waals surface area contributed by atoms with Crippen LogP contribution in [0, 0.1) is 0 Å². The Morgan fingerprint density at radius 2 is 1.52 bits per heavy atom. The van der Waals surface area contributed by atoms with Gasteiger partial charge in [-0.3, -0.25) is 9.69 Å². The minimum absolute atomic E-state index is 0.511. The van der Waals surface area contributed by atoms with Gasteiger partial charge in [0, 0.05) is 6.54 Å². The molecule has 2 heterocycles. The summed E-state index contributed by atoms with van der Waals surface area (Å²) < 4.78 is 11.8. The summed E-state index contributed by atoms with van der Waals surface area (Å²) in [5, 5.41) is 6.08. The van der Waals surface area contributed by atoms with Crippen LogP contribution in [0.1, 0.15) is 25.7 Å². The smallest absolute Gasteiger partial charge is 0.342 e. The molecule has 2 aromatic carbocycles. The van der Waals surface area contributed by atoms with Crippen molar-refractivity contribution in [1.82, 2.24) is 4.90 Å². The molecule has 154 valence electrons. The topological polar surface area (TPSA) is 88.9 Å². The van der Waals surface area contributed by atoms with E-state index < -0.39 is 11.8 Å². The fraction of sp³-hybridized carbons (Fsp3) is 0.409. The first-order valence-electron chi connectivity index (χ1n) is 10.2. The van der Waals surface area contributed by atoms with E-state index in [2.05, 4.69) is 15.5 Å². The monoisotopic (exact) mass is 396 g/mol. The Morgan fingerprint density at radius 3 is 2.10 bits per heavy atom. The lowest BCUT2D eigenvalue weighted by molar-refractivity contribution is -0.128. The van der Waals surface area contributed by atoms with Crippen molar-refractivity contribution in [3.05, 3.63) is 48.5 Å². The Morgan fingerprint density at radius 1 is 0.931 bits per heavy atom. The number of fused-ring (bicyclic) bond motifs is 1. The zero-order chi connectivity index (χ0) is 20.1. The molecule has 0 bridgehead atoms. The van der Waals surface area contributed by atoms with Gasteiger partial charge in [-0.25, -0.2) is 0 Å². The van der Waals surface area contributed by atoms with Crippen molar-refractivity contribution < 1.29 is 14.3 Å². The summed E-state index contributed by atoms with van der Waals surface area (Å²) in [6.45, 7) is 3.92. The number of carbonyl (C=O) groups excluding carboxylic acids is 1. The maximum absolute atomic E-state index is 12.1. The lowest BCUT2D eigenvalue weighted by atomic mass is 10.2. The number of ether oxygens (including phenoxy) is 2. The number of nitrogens with zero attached hydrogens (tertiary/aromatic N) is 1. The molecule has 0 spiro atoms. The summed E-state index contributed by atoms with van der Waals surface area (Å²) in [6, 6.07) is 14.7. The number of benzene rings is 2. The maximum atomic E-state index is 12.1. The summed E-state index contributed by atoms with van der Waals surface area (Å²) >= 11 is 0. The van der Waals surface area contributed by atoms with Crippen molar-refractivity contribution in [3.63, 3.8) is 0 Å². The van der Waals surface area contributed by atoms with Gasteiger partial charge in [-0.15, -0.1) is 0 Å². The van der Waals surface area contributed by atoms with E-state index in [4.69, 9.17) is 15.2 Å².